The third kappa shape index (κ3) is 2.98. The molecule has 1 rings (SSSR count). The zero-order valence-corrected chi connectivity index (χ0v) is 9.33. The highest BCUT2D eigenvalue weighted by Gasteiger charge is 2.25. The number of methoxy groups -OCH3 is 1. The van der Waals surface area contributed by atoms with Crippen LogP contribution in [0.4, 0.5) is 0 Å². The first-order valence-corrected chi connectivity index (χ1v) is 5.62. The lowest BCUT2D eigenvalue weighted by atomic mass is 9.85. The van der Waals surface area contributed by atoms with Crippen molar-refractivity contribution in [3.63, 3.8) is 0 Å². The van der Waals surface area contributed by atoms with Crippen LogP contribution in [-0.4, -0.2) is 25.6 Å². The minimum atomic E-state index is 0.0512. The number of aliphatic imine (C=N–C) groups is 1. The van der Waals surface area contributed by atoms with E-state index in [2.05, 4.69) is 4.99 Å². The Morgan fingerprint density at radius 3 is 2.57 bits per heavy atom. The van der Waals surface area contributed by atoms with Gasteiger partial charge in [0.1, 0.15) is 11.9 Å². The summed E-state index contributed by atoms with van der Waals surface area (Å²) in [6.45, 7) is 2.75. The van der Waals surface area contributed by atoms with E-state index < -0.39 is 0 Å². The van der Waals surface area contributed by atoms with Crippen LogP contribution < -0.4 is 5.73 Å². The van der Waals surface area contributed by atoms with Crippen molar-refractivity contribution in [2.75, 3.05) is 13.7 Å². The van der Waals surface area contributed by atoms with E-state index in [0.717, 1.165) is 6.54 Å². The van der Waals surface area contributed by atoms with E-state index in [1.54, 1.807) is 7.11 Å². The maximum Gasteiger partial charge on any atom is 0.123 e. The molecule has 0 aromatic carbocycles. The molecule has 0 aromatic heterocycles. The van der Waals surface area contributed by atoms with Gasteiger partial charge in [0.05, 0.1) is 0 Å². The van der Waals surface area contributed by atoms with E-state index in [-0.39, 0.29) is 6.10 Å². The second kappa shape index (κ2) is 6.02. The number of nitrogens with zero attached hydrogens (tertiary/aromatic N) is 1. The molecule has 1 unspecified atom stereocenters. The Morgan fingerprint density at radius 1 is 1.43 bits per heavy atom. The summed E-state index contributed by atoms with van der Waals surface area (Å²) < 4.78 is 5.45. The Labute approximate surface area is 86.7 Å². The highest BCUT2D eigenvalue weighted by molar-refractivity contribution is 5.85. The molecule has 0 saturated heterocycles. The number of nitrogens with two attached hydrogens (primary N) is 1. The van der Waals surface area contributed by atoms with Gasteiger partial charge in [-0.3, -0.25) is 4.99 Å². The predicted octanol–water partition coefficient (Wildman–Crippen LogP) is 1.96. The Morgan fingerprint density at radius 2 is 2.07 bits per heavy atom. The molecule has 82 valence electrons. The van der Waals surface area contributed by atoms with Gasteiger partial charge in [0.15, 0.2) is 0 Å². The molecular formula is C11H22N2O. The monoisotopic (exact) mass is 198 g/mol. The number of hydrogen-bond donors (Lipinski definition) is 1. The average molecular weight is 198 g/mol. The van der Waals surface area contributed by atoms with E-state index in [1.165, 1.54) is 32.1 Å². The normalized spacial score (nSPS) is 22.3. The molecule has 0 radical (unpaired) electrons. The summed E-state index contributed by atoms with van der Waals surface area (Å²) in [7, 11) is 1.73. The first-order valence-electron chi connectivity index (χ1n) is 5.62. The minimum absolute atomic E-state index is 0.0512. The summed E-state index contributed by atoms with van der Waals surface area (Å²) >= 11 is 0. The van der Waals surface area contributed by atoms with Gasteiger partial charge in [-0.2, -0.15) is 0 Å². The molecule has 1 aliphatic carbocycles. The van der Waals surface area contributed by atoms with Crippen LogP contribution in [0.15, 0.2) is 4.99 Å². The molecular weight excluding hydrogens is 176 g/mol. The third-order valence-electron chi connectivity index (χ3n) is 2.96. The van der Waals surface area contributed by atoms with Gasteiger partial charge in [-0.05, 0) is 25.7 Å². The molecule has 1 aliphatic rings. The van der Waals surface area contributed by atoms with Gasteiger partial charge in [-0.15, -0.1) is 0 Å². The number of rotatable bonds is 4. The molecule has 0 aromatic rings. The molecule has 1 fully saturated rings. The predicted molar refractivity (Wildman–Crippen MR) is 59.5 cm³/mol. The molecule has 0 aliphatic heterocycles. The van der Waals surface area contributed by atoms with Crippen molar-refractivity contribution in [2.24, 2.45) is 16.6 Å². The van der Waals surface area contributed by atoms with Crippen LogP contribution >= 0.6 is 0 Å². The van der Waals surface area contributed by atoms with Crippen molar-refractivity contribution < 1.29 is 4.74 Å². The lowest BCUT2D eigenvalue weighted by molar-refractivity contribution is 0.0850. The fraction of sp³-hybridized carbons (Fsp3) is 0.909. The minimum Gasteiger partial charge on any atom is -0.385 e. The first-order chi connectivity index (χ1) is 6.79. The van der Waals surface area contributed by atoms with E-state index in [1.807, 2.05) is 6.92 Å². The summed E-state index contributed by atoms with van der Waals surface area (Å²) in [5.74, 6) is 1.27. The Bertz CT molecular complexity index is 186. The van der Waals surface area contributed by atoms with Gasteiger partial charge >= 0.3 is 0 Å². The SMILES string of the molecule is CCN=C(N)C(OC)C1CCCCC1. The van der Waals surface area contributed by atoms with E-state index in [0.29, 0.717) is 11.8 Å². The fourth-order valence-corrected chi connectivity index (χ4v) is 2.26. The molecule has 14 heavy (non-hydrogen) atoms. The molecule has 1 saturated carbocycles. The highest BCUT2D eigenvalue weighted by Crippen LogP contribution is 2.27. The topological polar surface area (TPSA) is 47.6 Å². The van der Waals surface area contributed by atoms with Gasteiger partial charge in [0.25, 0.3) is 0 Å². The van der Waals surface area contributed by atoms with Crippen molar-refractivity contribution in [1.29, 1.82) is 0 Å². The first kappa shape index (κ1) is 11.5. The standard InChI is InChI=1S/C11H22N2O/c1-3-13-11(12)10(14-2)9-7-5-4-6-8-9/h9-10H,3-8H2,1-2H3,(H2,12,13). The van der Waals surface area contributed by atoms with Crippen molar-refractivity contribution in [2.45, 2.75) is 45.1 Å². The zero-order valence-electron chi connectivity index (χ0n) is 9.33. The van der Waals surface area contributed by atoms with Crippen LogP contribution in [0.2, 0.25) is 0 Å². The van der Waals surface area contributed by atoms with Gasteiger partial charge < -0.3 is 10.5 Å². The molecule has 1 atom stereocenters. The van der Waals surface area contributed by atoms with Gasteiger partial charge in [-0.25, -0.2) is 0 Å². The van der Waals surface area contributed by atoms with Crippen molar-refractivity contribution in [1.82, 2.24) is 0 Å². The highest BCUT2D eigenvalue weighted by atomic mass is 16.5. The number of amidine groups is 1. The second-order valence-electron chi connectivity index (χ2n) is 3.95. The quantitative estimate of drug-likeness (QED) is 0.554. The largest absolute Gasteiger partial charge is 0.385 e. The molecule has 0 amide bonds. The molecule has 0 heterocycles. The Hall–Kier alpha value is -0.570. The summed E-state index contributed by atoms with van der Waals surface area (Å²) in [4.78, 5) is 4.24. The van der Waals surface area contributed by atoms with Gasteiger partial charge in [0.2, 0.25) is 0 Å². The number of ether oxygens (including phenoxy) is 1. The molecule has 3 nitrogen and oxygen atoms in total. The fourth-order valence-electron chi connectivity index (χ4n) is 2.26. The zero-order chi connectivity index (χ0) is 10.4. The van der Waals surface area contributed by atoms with Crippen LogP contribution in [0.25, 0.3) is 0 Å². The summed E-state index contributed by atoms with van der Waals surface area (Å²) in [5, 5.41) is 0. The molecule has 0 bridgehead atoms. The third-order valence-corrected chi connectivity index (χ3v) is 2.96. The van der Waals surface area contributed by atoms with Crippen LogP contribution in [-0.2, 0) is 4.74 Å². The van der Waals surface area contributed by atoms with E-state index >= 15 is 0 Å². The maximum absolute atomic E-state index is 5.89. The molecule has 0 spiro atoms. The number of hydrogen-bond acceptors (Lipinski definition) is 2. The van der Waals surface area contributed by atoms with Crippen molar-refractivity contribution in [3.05, 3.63) is 0 Å². The van der Waals surface area contributed by atoms with E-state index in [4.69, 9.17) is 10.5 Å². The Kier molecular flexibility index (Phi) is 4.94. The van der Waals surface area contributed by atoms with Crippen LogP contribution in [0, 0.1) is 5.92 Å². The molecule has 3 heteroatoms. The average Bonchev–Trinajstić information content (AvgIpc) is 2.21. The smallest absolute Gasteiger partial charge is 0.123 e. The maximum atomic E-state index is 5.89. The Balaban J connectivity index is 2.55. The van der Waals surface area contributed by atoms with Crippen LogP contribution in [0.3, 0.4) is 0 Å². The summed E-state index contributed by atoms with van der Waals surface area (Å²) in [6.07, 6.45) is 6.50. The van der Waals surface area contributed by atoms with Gasteiger partial charge in [0, 0.05) is 13.7 Å². The summed E-state index contributed by atoms with van der Waals surface area (Å²) in [5.41, 5.74) is 5.89. The van der Waals surface area contributed by atoms with Gasteiger partial charge in [-0.1, -0.05) is 19.3 Å². The van der Waals surface area contributed by atoms with E-state index in [9.17, 15) is 0 Å². The van der Waals surface area contributed by atoms with Crippen molar-refractivity contribution in [3.8, 4) is 0 Å². The molecule has 2 N–H and O–H groups in total. The van der Waals surface area contributed by atoms with Crippen LogP contribution in [0.1, 0.15) is 39.0 Å². The second-order valence-corrected chi connectivity index (χ2v) is 3.95. The lowest BCUT2D eigenvalue weighted by Crippen LogP contribution is -2.38. The lowest BCUT2D eigenvalue weighted by Gasteiger charge is -2.28. The summed E-state index contributed by atoms with van der Waals surface area (Å²) in [6, 6.07) is 0. The van der Waals surface area contributed by atoms with Crippen LogP contribution in [0.5, 0.6) is 0 Å². The van der Waals surface area contributed by atoms with Crippen molar-refractivity contribution >= 4 is 5.84 Å².